The fourth-order valence-electron chi connectivity index (χ4n) is 2.03. The quantitative estimate of drug-likeness (QED) is 0.917. The van der Waals surface area contributed by atoms with E-state index < -0.39 is 37.3 Å². The van der Waals surface area contributed by atoms with Crippen molar-refractivity contribution in [3.8, 4) is 0 Å². The number of β-amino-alcohol motifs (C(OH)–C–C–N with tert-alkyl or cyclic N) is 1. The lowest BCUT2D eigenvalue weighted by Crippen LogP contribution is -2.62. The predicted molar refractivity (Wildman–Crippen MR) is 70.5 cm³/mol. The van der Waals surface area contributed by atoms with E-state index in [0.717, 1.165) is 16.4 Å². The number of halogens is 4. The molecule has 0 amide bonds. The summed E-state index contributed by atoms with van der Waals surface area (Å²) in [5, 5.41) is 9.26. The molecule has 21 heavy (non-hydrogen) atoms. The number of hydrogen-bond donors (Lipinski definition) is 1. The number of nitrogens with zero attached hydrogens (tertiary/aromatic N) is 1. The molecule has 0 saturated carbocycles. The molecule has 1 heterocycles. The molecule has 1 aliphatic heterocycles. The fourth-order valence-corrected chi connectivity index (χ4v) is 3.89. The lowest BCUT2D eigenvalue weighted by molar-refractivity contribution is -0.137. The van der Waals surface area contributed by atoms with Crippen LogP contribution in [0.15, 0.2) is 23.1 Å². The maximum absolute atomic E-state index is 12.8. The van der Waals surface area contributed by atoms with Crippen molar-refractivity contribution in [3.05, 3.63) is 28.8 Å². The van der Waals surface area contributed by atoms with Gasteiger partial charge in [-0.3, -0.25) is 0 Å². The Morgan fingerprint density at radius 3 is 2.43 bits per heavy atom. The zero-order chi connectivity index (χ0) is 16.1. The number of benzene rings is 1. The molecule has 0 aromatic heterocycles. The van der Waals surface area contributed by atoms with Crippen LogP contribution in [0.25, 0.3) is 0 Å². The van der Waals surface area contributed by atoms with Gasteiger partial charge in [-0.2, -0.15) is 17.5 Å². The van der Waals surface area contributed by atoms with E-state index in [1.54, 1.807) is 6.92 Å². The summed E-state index contributed by atoms with van der Waals surface area (Å²) in [5.41, 5.74) is -2.30. The molecule has 1 aromatic rings. The van der Waals surface area contributed by atoms with Crippen molar-refractivity contribution in [2.75, 3.05) is 13.1 Å². The molecule has 1 aromatic carbocycles. The summed E-state index contributed by atoms with van der Waals surface area (Å²) in [4.78, 5) is -0.489. The van der Waals surface area contributed by atoms with Crippen LogP contribution in [0, 0.1) is 0 Å². The SMILES string of the molecule is CCC1(O)CN(S(=O)(=O)c2ccc(Cl)c(C(F)(F)F)c2)C1. The normalized spacial score (nSPS) is 19.3. The molecule has 0 atom stereocenters. The van der Waals surface area contributed by atoms with Crippen LogP contribution in [0.2, 0.25) is 5.02 Å². The van der Waals surface area contributed by atoms with Gasteiger partial charge in [-0.05, 0) is 24.6 Å². The molecular weight excluding hydrogens is 331 g/mol. The van der Waals surface area contributed by atoms with Crippen LogP contribution in [-0.4, -0.2) is 36.5 Å². The summed E-state index contributed by atoms with van der Waals surface area (Å²) in [6.45, 7) is 1.44. The van der Waals surface area contributed by atoms with Gasteiger partial charge in [0.15, 0.2) is 0 Å². The lowest BCUT2D eigenvalue weighted by Gasteiger charge is -2.44. The van der Waals surface area contributed by atoms with E-state index in [0.29, 0.717) is 12.5 Å². The van der Waals surface area contributed by atoms with E-state index in [9.17, 15) is 26.7 Å². The Bertz CT molecular complexity index is 654. The Labute approximate surface area is 125 Å². The van der Waals surface area contributed by atoms with E-state index in [2.05, 4.69) is 0 Å². The van der Waals surface area contributed by atoms with E-state index >= 15 is 0 Å². The Hall–Kier alpha value is -0.830. The van der Waals surface area contributed by atoms with Crippen molar-refractivity contribution in [1.82, 2.24) is 4.31 Å². The number of aliphatic hydroxyl groups is 1. The van der Waals surface area contributed by atoms with Gasteiger partial charge in [-0.25, -0.2) is 8.42 Å². The number of alkyl halides is 3. The lowest BCUT2D eigenvalue weighted by atomic mass is 9.94. The minimum absolute atomic E-state index is 0.129. The molecule has 0 unspecified atom stereocenters. The van der Waals surface area contributed by atoms with Gasteiger partial charge in [0.05, 0.1) is 21.1 Å². The first-order valence-corrected chi connectivity index (χ1v) is 7.91. The molecule has 0 aliphatic carbocycles. The Balaban J connectivity index is 2.35. The van der Waals surface area contributed by atoms with Crippen LogP contribution < -0.4 is 0 Å². The van der Waals surface area contributed by atoms with E-state index in [1.807, 2.05) is 0 Å². The van der Waals surface area contributed by atoms with Crippen LogP contribution in [0.5, 0.6) is 0 Å². The first-order valence-electron chi connectivity index (χ1n) is 6.09. The molecule has 9 heteroatoms. The standard InChI is InChI=1S/C12H13ClF3NO3S/c1-2-11(18)6-17(7-11)21(19,20)8-3-4-10(13)9(5-8)12(14,15)16/h3-5,18H,2,6-7H2,1H3. The van der Waals surface area contributed by atoms with Gasteiger partial charge in [-0.15, -0.1) is 0 Å². The van der Waals surface area contributed by atoms with Gasteiger partial charge in [0, 0.05) is 13.1 Å². The fraction of sp³-hybridized carbons (Fsp3) is 0.500. The van der Waals surface area contributed by atoms with Crippen molar-refractivity contribution >= 4 is 21.6 Å². The molecular formula is C12H13ClF3NO3S. The Morgan fingerprint density at radius 1 is 1.38 bits per heavy atom. The third-order valence-electron chi connectivity index (χ3n) is 3.48. The summed E-state index contributed by atoms with van der Waals surface area (Å²) in [7, 11) is -4.07. The second-order valence-electron chi connectivity index (χ2n) is 4.99. The summed E-state index contributed by atoms with van der Waals surface area (Å²) < 4.78 is 63.6. The molecule has 0 spiro atoms. The number of sulfonamides is 1. The molecule has 1 N–H and O–H groups in total. The molecule has 1 saturated heterocycles. The monoisotopic (exact) mass is 343 g/mol. The van der Waals surface area contributed by atoms with Gasteiger partial charge in [0.25, 0.3) is 0 Å². The summed E-state index contributed by atoms with van der Waals surface area (Å²) in [6.07, 6.45) is -4.37. The van der Waals surface area contributed by atoms with Crippen molar-refractivity contribution in [2.24, 2.45) is 0 Å². The maximum Gasteiger partial charge on any atom is 0.417 e. The van der Waals surface area contributed by atoms with Crippen molar-refractivity contribution < 1.29 is 26.7 Å². The first kappa shape index (κ1) is 16.5. The van der Waals surface area contributed by atoms with E-state index in [1.165, 1.54) is 0 Å². The minimum atomic E-state index is -4.73. The van der Waals surface area contributed by atoms with Gasteiger partial charge in [0.1, 0.15) is 0 Å². The average Bonchev–Trinajstić information content (AvgIpc) is 2.33. The molecule has 118 valence electrons. The van der Waals surface area contributed by atoms with Crippen LogP contribution in [-0.2, 0) is 16.2 Å². The number of hydrogen-bond acceptors (Lipinski definition) is 3. The zero-order valence-electron chi connectivity index (χ0n) is 11.0. The van der Waals surface area contributed by atoms with Crippen LogP contribution in [0.3, 0.4) is 0 Å². The van der Waals surface area contributed by atoms with Gasteiger partial charge < -0.3 is 5.11 Å². The van der Waals surface area contributed by atoms with Crippen LogP contribution in [0.4, 0.5) is 13.2 Å². The van der Waals surface area contributed by atoms with Crippen molar-refractivity contribution in [2.45, 2.75) is 30.0 Å². The third kappa shape index (κ3) is 3.03. The molecule has 0 bridgehead atoms. The van der Waals surface area contributed by atoms with Gasteiger partial charge >= 0.3 is 6.18 Å². The smallest absolute Gasteiger partial charge is 0.387 e. The molecule has 4 nitrogen and oxygen atoms in total. The molecule has 0 radical (unpaired) electrons. The summed E-state index contributed by atoms with van der Waals surface area (Å²) in [5.74, 6) is 0. The Kier molecular flexibility index (Phi) is 4.03. The number of rotatable bonds is 3. The molecule has 2 rings (SSSR count). The largest absolute Gasteiger partial charge is 0.417 e. The van der Waals surface area contributed by atoms with Crippen molar-refractivity contribution in [1.29, 1.82) is 0 Å². The van der Waals surface area contributed by atoms with E-state index in [-0.39, 0.29) is 13.1 Å². The Morgan fingerprint density at radius 2 is 1.95 bits per heavy atom. The highest BCUT2D eigenvalue weighted by Gasteiger charge is 2.46. The second kappa shape index (κ2) is 5.12. The van der Waals surface area contributed by atoms with Crippen molar-refractivity contribution in [3.63, 3.8) is 0 Å². The van der Waals surface area contributed by atoms with Crippen LogP contribution in [0.1, 0.15) is 18.9 Å². The highest BCUT2D eigenvalue weighted by atomic mass is 35.5. The van der Waals surface area contributed by atoms with E-state index in [4.69, 9.17) is 11.6 Å². The molecule has 1 aliphatic rings. The molecule has 1 fully saturated rings. The third-order valence-corrected chi connectivity index (χ3v) is 5.60. The second-order valence-corrected chi connectivity index (χ2v) is 7.34. The summed E-state index contributed by atoms with van der Waals surface area (Å²) in [6, 6.07) is 2.44. The maximum atomic E-state index is 12.8. The first-order chi connectivity index (χ1) is 9.49. The highest BCUT2D eigenvalue weighted by Crippen LogP contribution is 2.37. The average molecular weight is 344 g/mol. The highest BCUT2D eigenvalue weighted by molar-refractivity contribution is 7.89. The predicted octanol–water partition coefficient (Wildman–Crippen LogP) is 2.50. The minimum Gasteiger partial charge on any atom is -0.387 e. The topological polar surface area (TPSA) is 57.6 Å². The summed E-state index contributed by atoms with van der Waals surface area (Å²) >= 11 is 5.46. The van der Waals surface area contributed by atoms with Gasteiger partial charge in [0.2, 0.25) is 10.0 Å². The van der Waals surface area contributed by atoms with Crippen LogP contribution >= 0.6 is 11.6 Å². The zero-order valence-corrected chi connectivity index (χ0v) is 12.6. The van der Waals surface area contributed by atoms with Gasteiger partial charge in [-0.1, -0.05) is 18.5 Å².